The maximum atomic E-state index is 12.7. The van der Waals surface area contributed by atoms with Crippen LogP contribution in [0, 0.1) is 0 Å². The molecule has 3 aromatic heterocycles. The number of ether oxygens (including phenoxy) is 1. The summed E-state index contributed by atoms with van der Waals surface area (Å²) in [4.78, 5) is 21.6. The average Bonchev–Trinajstić information content (AvgIpc) is 2.78. The molecule has 1 aromatic carbocycles. The highest BCUT2D eigenvalue weighted by Crippen LogP contribution is 2.18. The molecule has 0 atom stereocenters. The summed E-state index contributed by atoms with van der Waals surface area (Å²) in [6.45, 7) is 5.42. The first-order chi connectivity index (χ1) is 15.5. The van der Waals surface area contributed by atoms with Crippen LogP contribution in [-0.2, 0) is 13.0 Å². The largest absolute Gasteiger partial charge is 0.487 e. The van der Waals surface area contributed by atoms with E-state index in [1.54, 1.807) is 35.2 Å². The van der Waals surface area contributed by atoms with Gasteiger partial charge < -0.3 is 10.1 Å². The van der Waals surface area contributed by atoms with Gasteiger partial charge in [-0.1, -0.05) is 31.5 Å². The minimum atomic E-state index is -0.171. The monoisotopic (exact) mass is 448 g/mol. The molecule has 1 N–H and O–H groups in total. The quantitative estimate of drug-likeness (QED) is 0.428. The van der Waals surface area contributed by atoms with Crippen molar-refractivity contribution in [1.29, 1.82) is 0 Å². The second kappa shape index (κ2) is 9.94. The second-order valence-corrected chi connectivity index (χ2v) is 8.30. The molecule has 0 saturated heterocycles. The van der Waals surface area contributed by atoms with Gasteiger partial charge >= 0.3 is 0 Å². The van der Waals surface area contributed by atoms with Crippen LogP contribution in [0.5, 0.6) is 5.75 Å². The van der Waals surface area contributed by atoms with Crippen LogP contribution in [0.1, 0.15) is 25.2 Å². The molecule has 0 aliphatic rings. The van der Waals surface area contributed by atoms with Gasteiger partial charge in [0.1, 0.15) is 12.4 Å². The van der Waals surface area contributed by atoms with Gasteiger partial charge in [0.25, 0.3) is 5.56 Å². The van der Waals surface area contributed by atoms with Crippen molar-refractivity contribution in [3.05, 3.63) is 93.8 Å². The number of pyridine rings is 3. The molecule has 0 spiro atoms. The Kier molecular flexibility index (Phi) is 6.83. The summed E-state index contributed by atoms with van der Waals surface area (Å²) in [5, 5.41) is 4.97. The van der Waals surface area contributed by atoms with Crippen LogP contribution in [0.3, 0.4) is 0 Å². The summed E-state index contributed by atoms with van der Waals surface area (Å²) in [5.74, 6) is 0.491. The summed E-state index contributed by atoms with van der Waals surface area (Å²) in [6.07, 6.45) is 4.16. The summed E-state index contributed by atoms with van der Waals surface area (Å²) in [7, 11) is 0. The molecular weight excluding hydrogens is 424 g/mol. The molecule has 0 amide bonds. The lowest BCUT2D eigenvalue weighted by Crippen LogP contribution is -2.25. The Bertz CT molecular complexity index is 1270. The van der Waals surface area contributed by atoms with E-state index < -0.39 is 0 Å². The molecule has 0 aliphatic carbocycles. The molecular formula is C25H25ClN4O2. The van der Waals surface area contributed by atoms with Crippen molar-refractivity contribution in [2.24, 2.45) is 0 Å². The van der Waals surface area contributed by atoms with Crippen LogP contribution in [0.25, 0.3) is 16.6 Å². The Morgan fingerprint density at radius 3 is 2.66 bits per heavy atom. The average molecular weight is 449 g/mol. The van der Waals surface area contributed by atoms with Crippen LogP contribution < -0.4 is 15.6 Å². The third-order valence-corrected chi connectivity index (χ3v) is 5.23. The fourth-order valence-corrected chi connectivity index (χ4v) is 3.46. The smallest absolute Gasteiger partial charge is 0.258 e. The number of hydrogen-bond donors (Lipinski definition) is 1. The Labute approximate surface area is 191 Å². The van der Waals surface area contributed by atoms with E-state index in [0.29, 0.717) is 16.8 Å². The lowest BCUT2D eigenvalue weighted by molar-refractivity contribution is 0.300. The van der Waals surface area contributed by atoms with Gasteiger partial charge in [-0.25, -0.2) is 0 Å². The molecule has 32 heavy (non-hydrogen) atoms. The highest BCUT2D eigenvalue weighted by Gasteiger charge is 2.06. The number of rotatable bonds is 8. The first-order valence-electron chi connectivity index (χ1n) is 10.6. The lowest BCUT2D eigenvalue weighted by Gasteiger charge is -2.10. The fraction of sp³-hybridized carbons (Fsp3) is 0.240. The first kappa shape index (κ1) is 22.0. The predicted molar refractivity (Wildman–Crippen MR) is 128 cm³/mol. The molecule has 0 radical (unpaired) electrons. The number of hydrogen-bond acceptors (Lipinski definition) is 5. The van der Waals surface area contributed by atoms with E-state index in [-0.39, 0.29) is 12.2 Å². The standard InChI is InChI=1S/C25H25ClN4O2/c1-17(2)27-11-9-20-5-3-18-13-22(7-8-24(18)29-20)30-12-10-23(14-25(30)31)32-16-21-6-4-19(26)15-28-21/h3-8,10,12-15,17,27H,9,11,16H2,1-2H3. The van der Waals surface area contributed by atoms with E-state index in [1.807, 2.05) is 24.3 Å². The SMILES string of the molecule is CC(C)NCCc1ccc2cc(-n3ccc(OCc4ccc(Cl)cn4)cc3=O)ccc2n1. The number of fused-ring (bicyclic) bond motifs is 1. The topological polar surface area (TPSA) is 69.0 Å². The highest BCUT2D eigenvalue weighted by atomic mass is 35.5. The minimum absolute atomic E-state index is 0.171. The third kappa shape index (κ3) is 5.52. The maximum absolute atomic E-state index is 12.7. The number of nitrogens with one attached hydrogen (secondary N) is 1. The van der Waals surface area contributed by atoms with Crippen molar-refractivity contribution < 1.29 is 4.74 Å². The summed E-state index contributed by atoms with van der Waals surface area (Å²) in [6, 6.07) is 17.2. The molecule has 0 saturated carbocycles. The van der Waals surface area contributed by atoms with Crippen molar-refractivity contribution in [2.45, 2.75) is 32.9 Å². The molecule has 7 heteroatoms. The first-order valence-corrected chi connectivity index (χ1v) is 10.9. The predicted octanol–water partition coefficient (Wildman–Crippen LogP) is 4.55. The van der Waals surface area contributed by atoms with Gasteiger partial charge in [0.15, 0.2) is 0 Å². The second-order valence-electron chi connectivity index (χ2n) is 7.87. The highest BCUT2D eigenvalue weighted by molar-refractivity contribution is 6.30. The van der Waals surface area contributed by atoms with Gasteiger partial charge in [0.2, 0.25) is 0 Å². The van der Waals surface area contributed by atoms with Crippen molar-refractivity contribution in [3.8, 4) is 11.4 Å². The Balaban J connectivity index is 1.48. The maximum Gasteiger partial charge on any atom is 0.258 e. The van der Waals surface area contributed by atoms with Gasteiger partial charge in [0, 0.05) is 54.2 Å². The molecule has 6 nitrogen and oxygen atoms in total. The molecule has 0 fully saturated rings. The van der Waals surface area contributed by atoms with Crippen LogP contribution >= 0.6 is 11.6 Å². The number of aromatic nitrogens is 3. The molecule has 0 unspecified atom stereocenters. The summed E-state index contributed by atoms with van der Waals surface area (Å²) in [5.41, 5.74) is 3.31. The van der Waals surface area contributed by atoms with Gasteiger partial charge in [-0.05, 0) is 42.5 Å². The van der Waals surface area contributed by atoms with Crippen molar-refractivity contribution >= 4 is 22.5 Å². The minimum Gasteiger partial charge on any atom is -0.487 e. The van der Waals surface area contributed by atoms with Gasteiger partial charge in [-0.15, -0.1) is 0 Å². The molecule has 4 aromatic rings. The van der Waals surface area contributed by atoms with Gasteiger partial charge in [-0.3, -0.25) is 19.3 Å². The molecule has 3 heterocycles. The Morgan fingerprint density at radius 1 is 1.06 bits per heavy atom. The zero-order valence-corrected chi connectivity index (χ0v) is 18.8. The van der Waals surface area contributed by atoms with E-state index in [0.717, 1.165) is 40.9 Å². The van der Waals surface area contributed by atoms with Crippen LogP contribution in [0.15, 0.2) is 71.8 Å². The van der Waals surface area contributed by atoms with Gasteiger partial charge in [-0.2, -0.15) is 0 Å². The van der Waals surface area contributed by atoms with E-state index >= 15 is 0 Å². The van der Waals surface area contributed by atoms with Crippen LogP contribution in [-0.4, -0.2) is 27.1 Å². The zero-order valence-electron chi connectivity index (χ0n) is 18.1. The van der Waals surface area contributed by atoms with E-state index in [2.05, 4.69) is 30.2 Å². The molecule has 0 bridgehead atoms. The summed E-state index contributed by atoms with van der Waals surface area (Å²) < 4.78 is 7.29. The summed E-state index contributed by atoms with van der Waals surface area (Å²) >= 11 is 5.85. The normalized spacial score (nSPS) is 11.2. The Hall–Kier alpha value is -3.22. The van der Waals surface area contributed by atoms with E-state index in [9.17, 15) is 4.79 Å². The molecule has 4 rings (SSSR count). The number of nitrogens with zero attached hydrogens (tertiary/aromatic N) is 3. The fourth-order valence-electron chi connectivity index (χ4n) is 3.35. The van der Waals surface area contributed by atoms with Crippen LogP contribution in [0.4, 0.5) is 0 Å². The molecule has 0 aliphatic heterocycles. The van der Waals surface area contributed by atoms with E-state index in [1.165, 1.54) is 6.07 Å². The van der Waals surface area contributed by atoms with Gasteiger partial charge in [0.05, 0.1) is 16.2 Å². The Morgan fingerprint density at radius 2 is 1.91 bits per heavy atom. The molecule has 164 valence electrons. The van der Waals surface area contributed by atoms with Crippen LogP contribution in [0.2, 0.25) is 5.02 Å². The third-order valence-electron chi connectivity index (χ3n) is 5.01. The van der Waals surface area contributed by atoms with Crippen molar-refractivity contribution in [1.82, 2.24) is 19.9 Å². The van der Waals surface area contributed by atoms with Crippen molar-refractivity contribution in [2.75, 3.05) is 6.54 Å². The number of halogens is 1. The lowest BCUT2D eigenvalue weighted by atomic mass is 10.1. The van der Waals surface area contributed by atoms with E-state index in [4.69, 9.17) is 21.3 Å². The van der Waals surface area contributed by atoms with Crippen molar-refractivity contribution in [3.63, 3.8) is 0 Å². The number of benzene rings is 1. The zero-order chi connectivity index (χ0) is 22.5.